The molecule has 0 atom stereocenters. The van der Waals surface area contributed by atoms with E-state index in [9.17, 15) is 28.6 Å². The predicted octanol–water partition coefficient (Wildman–Crippen LogP) is 4.25. The van der Waals surface area contributed by atoms with Crippen LogP contribution >= 0.6 is 0 Å². The summed E-state index contributed by atoms with van der Waals surface area (Å²) in [4.78, 5) is 23.7. The zero-order valence-electron chi connectivity index (χ0n) is 17.2. The molecule has 2 aromatic carbocycles. The number of fused-ring (bicyclic) bond motifs is 2. The molecule has 0 spiro atoms. The van der Waals surface area contributed by atoms with Crippen LogP contribution in [0.4, 0.5) is 8.78 Å². The molecule has 0 saturated carbocycles. The number of hydrogen-bond acceptors (Lipinski definition) is 4. The van der Waals surface area contributed by atoms with Crippen molar-refractivity contribution >= 4 is 16.9 Å². The van der Waals surface area contributed by atoms with Crippen molar-refractivity contribution in [1.29, 1.82) is 0 Å². The highest BCUT2D eigenvalue weighted by Gasteiger charge is 2.23. The summed E-state index contributed by atoms with van der Waals surface area (Å²) in [6.45, 7) is 0. The lowest BCUT2D eigenvalue weighted by Crippen LogP contribution is -2.07. The molecular formula is C20H10F2O5. The Morgan fingerprint density at radius 1 is 1.04 bits per heavy atom. The molecule has 27 heavy (non-hydrogen) atoms. The second kappa shape index (κ2) is 5.91. The van der Waals surface area contributed by atoms with Crippen molar-refractivity contribution in [2.45, 2.75) is 0 Å². The first kappa shape index (κ1) is 12.6. The van der Waals surface area contributed by atoms with Gasteiger partial charge < -0.3 is 14.6 Å². The van der Waals surface area contributed by atoms with Crippen molar-refractivity contribution in [2.24, 2.45) is 0 Å². The number of aromatic hydroxyl groups is 1. The number of carboxylic acids is 1. The molecule has 134 valence electrons. The van der Waals surface area contributed by atoms with E-state index in [4.69, 9.17) is 9.90 Å². The fourth-order valence-electron chi connectivity index (χ4n) is 2.83. The Hall–Kier alpha value is -3.74. The van der Waals surface area contributed by atoms with Crippen LogP contribution in [0.1, 0.15) is 15.8 Å². The first-order valence-electron chi connectivity index (χ1n) is 9.45. The summed E-state index contributed by atoms with van der Waals surface area (Å²) in [5, 5.41) is 19.2. The van der Waals surface area contributed by atoms with E-state index in [0.29, 0.717) is 6.07 Å². The molecule has 2 aromatic rings. The van der Waals surface area contributed by atoms with E-state index in [-0.39, 0.29) is 27.9 Å². The molecule has 0 bridgehead atoms. The van der Waals surface area contributed by atoms with E-state index >= 15 is 0 Å². The second-order valence-electron chi connectivity index (χ2n) is 5.61. The quantitative estimate of drug-likeness (QED) is 0.514. The average Bonchev–Trinajstić information content (AvgIpc) is 2.70. The van der Waals surface area contributed by atoms with E-state index in [0.717, 1.165) is 18.2 Å². The van der Waals surface area contributed by atoms with Crippen LogP contribution in [0.2, 0.25) is 0 Å². The molecule has 5 nitrogen and oxygen atoms in total. The summed E-state index contributed by atoms with van der Waals surface area (Å²) in [6.07, 6.45) is 0. The Labute approximate surface area is 155 Å². The summed E-state index contributed by atoms with van der Waals surface area (Å²) in [5.41, 5.74) is -3.18. The first-order chi connectivity index (χ1) is 14.5. The summed E-state index contributed by atoms with van der Waals surface area (Å²) < 4.78 is 65.7. The highest BCUT2D eigenvalue weighted by molar-refractivity contribution is 6.07. The molecule has 4 rings (SSSR count). The second-order valence-corrected chi connectivity index (χ2v) is 5.61. The molecule has 0 radical (unpaired) electrons. The number of hydrogen-bond donors (Lipinski definition) is 2. The molecule has 2 N–H and O–H groups in total. The fourth-order valence-corrected chi connectivity index (χ4v) is 2.83. The Kier molecular flexibility index (Phi) is 2.76. The van der Waals surface area contributed by atoms with Crippen molar-refractivity contribution in [1.82, 2.24) is 0 Å². The van der Waals surface area contributed by atoms with Gasteiger partial charge in [0.15, 0.2) is 17.4 Å². The van der Waals surface area contributed by atoms with Crippen molar-refractivity contribution < 1.29 is 33.7 Å². The molecular weight excluding hydrogens is 358 g/mol. The number of aromatic carboxylic acids is 1. The summed E-state index contributed by atoms with van der Waals surface area (Å²) in [7, 11) is 0. The van der Waals surface area contributed by atoms with Gasteiger partial charge in [0.25, 0.3) is 0 Å². The Morgan fingerprint density at radius 2 is 1.78 bits per heavy atom. The number of carboxylic acid groups (broad SMARTS) is 1. The first-order valence-corrected chi connectivity index (χ1v) is 7.45. The van der Waals surface area contributed by atoms with E-state index in [1.165, 1.54) is 0 Å². The SMILES string of the molecule is [2H]c1c([2H])c([2H])c(-c2c3cc(F)c(=O)cc-3oc3cc(O)c(F)cc23)c(C(=O)O)c1[2H]. The monoisotopic (exact) mass is 372 g/mol. The van der Waals surface area contributed by atoms with Gasteiger partial charge in [-0.2, -0.15) is 0 Å². The van der Waals surface area contributed by atoms with Gasteiger partial charge in [-0.05, 0) is 23.7 Å². The van der Waals surface area contributed by atoms with Gasteiger partial charge >= 0.3 is 5.97 Å². The van der Waals surface area contributed by atoms with Gasteiger partial charge in [0.1, 0.15) is 11.3 Å². The Morgan fingerprint density at radius 3 is 2.52 bits per heavy atom. The maximum Gasteiger partial charge on any atom is 0.336 e. The van der Waals surface area contributed by atoms with Gasteiger partial charge in [-0.25, -0.2) is 13.6 Å². The largest absolute Gasteiger partial charge is 0.505 e. The third kappa shape index (κ3) is 2.60. The number of halogens is 2. The van der Waals surface area contributed by atoms with Crippen molar-refractivity contribution in [3.05, 3.63) is 75.9 Å². The highest BCUT2D eigenvalue weighted by Crippen LogP contribution is 2.42. The van der Waals surface area contributed by atoms with Gasteiger partial charge in [-0.15, -0.1) is 0 Å². The zero-order valence-corrected chi connectivity index (χ0v) is 13.2. The Bertz CT molecular complexity index is 1470. The van der Waals surface area contributed by atoms with Crippen LogP contribution in [0.15, 0.2) is 57.6 Å². The lowest BCUT2D eigenvalue weighted by molar-refractivity contribution is 0.0697. The topological polar surface area (TPSA) is 87.7 Å². The molecule has 0 fully saturated rings. The predicted molar refractivity (Wildman–Crippen MR) is 93.1 cm³/mol. The van der Waals surface area contributed by atoms with E-state index in [1.807, 2.05) is 0 Å². The minimum atomic E-state index is -1.70. The van der Waals surface area contributed by atoms with Gasteiger partial charge in [0, 0.05) is 28.6 Å². The van der Waals surface area contributed by atoms with Crippen LogP contribution in [0.3, 0.4) is 0 Å². The zero-order chi connectivity index (χ0) is 22.8. The van der Waals surface area contributed by atoms with Crippen molar-refractivity contribution in [3.8, 4) is 28.2 Å². The molecule has 1 heterocycles. The highest BCUT2D eigenvalue weighted by atomic mass is 19.1. The standard InChI is InChI=1S/C20H10F2O5/c21-13-5-11-17(7-15(13)23)27-18-8-16(24)14(22)6-12(18)19(11)9-3-1-2-4-10(9)20(25)26/h1-8,23H,(H,25,26)/i1D,2D,3D,4D. The third-order valence-corrected chi connectivity index (χ3v) is 3.99. The molecule has 1 aliphatic carbocycles. The summed E-state index contributed by atoms with van der Waals surface area (Å²) in [6, 6.07) is -0.122. The minimum absolute atomic E-state index is 0.201. The molecule has 0 aromatic heterocycles. The third-order valence-electron chi connectivity index (χ3n) is 3.99. The van der Waals surface area contributed by atoms with Crippen LogP contribution in [0.5, 0.6) is 5.75 Å². The average molecular weight is 372 g/mol. The molecule has 0 unspecified atom stereocenters. The number of phenols is 1. The molecule has 1 aliphatic heterocycles. The van der Waals surface area contributed by atoms with Gasteiger partial charge in [-0.3, -0.25) is 4.79 Å². The maximum absolute atomic E-state index is 14.2. The van der Waals surface area contributed by atoms with Crippen molar-refractivity contribution in [2.75, 3.05) is 0 Å². The summed E-state index contributed by atoms with van der Waals surface area (Å²) in [5.74, 6) is -5.16. The minimum Gasteiger partial charge on any atom is -0.505 e. The lowest BCUT2D eigenvalue weighted by atomic mass is 9.90. The number of benzene rings is 3. The van der Waals surface area contributed by atoms with Gasteiger partial charge in [0.05, 0.1) is 11.0 Å². The molecule has 7 heteroatoms. The number of carbonyl (C=O) groups is 1. The van der Waals surface area contributed by atoms with Crippen LogP contribution < -0.4 is 5.43 Å². The van der Waals surface area contributed by atoms with E-state index in [1.54, 1.807) is 0 Å². The van der Waals surface area contributed by atoms with Gasteiger partial charge in [0.2, 0.25) is 5.43 Å². The number of phenolic OH excluding ortho intramolecular Hbond substituents is 1. The lowest BCUT2D eigenvalue weighted by Gasteiger charge is -2.17. The van der Waals surface area contributed by atoms with Crippen LogP contribution in [-0.2, 0) is 0 Å². The van der Waals surface area contributed by atoms with Crippen molar-refractivity contribution in [3.63, 3.8) is 0 Å². The number of rotatable bonds is 2. The smallest absolute Gasteiger partial charge is 0.336 e. The van der Waals surface area contributed by atoms with E-state index in [2.05, 4.69) is 0 Å². The normalized spacial score (nSPS) is 13.3. The Balaban J connectivity index is 2.36. The fraction of sp³-hybridized carbons (Fsp3) is 0. The van der Waals surface area contributed by atoms with Crippen LogP contribution in [0, 0.1) is 11.6 Å². The molecule has 2 aliphatic rings. The van der Waals surface area contributed by atoms with Crippen LogP contribution in [0.25, 0.3) is 33.4 Å². The maximum atomic E-state index is 14.2. The molecule has 0 amide bonds. The van der Waals surface area contributed by atoms with Gasteiger partial charge in [-0.1, -0.05) is 18.1 Å². The molecule has 0 saturated heterocycles. The summed E-state index contributed by atoms with van der Waals surface area (Å²) >= 11 is 0. The van der Waals surface area contributed by atoms with E-state index < -0.39 is 64.1 Å². The van der Waals surface area contributed by atoms with Crippen LogP contribution in [-0.4, -0.2) is 16.2 Å².